The van der Waals surface area contributed by atoms with Crippen molar-refractivity contribution in [2.45, 2.75) is 0 Å². The molecule has 0 unspecified atom stereocenters. The van der Waals surface area contributed by atoms with E-state index in [4.69, 9.17) is 23.8 Å². The summed E-state index contributed by atoms with van der Waals surface area (Å²) < 4.78 is 16.0. The number of hydrogen-bond acceptors (Lipinski definition) is 5. The van der Waals surface area contributed by atoms with Gasteiger partial charge in [-0.15, -0.1) is 0 Å². The molecule has 4 heterocycles. The summed E-state index contributed by atoms with van der Waals surface area (Å²) in [6.45, 7) is 0. The summed E-state index contributed by atoms with van der Waals surface area (Å²) >= 11 is 0. The fourth-order valence-electron chi connectivity index (χ4n) is 9.37. The van der Waals surface area contributed by atoms with E-state index in [1.54, 1.807) is 0 Å². The van der Waals surface area contributed by atoms with Crippen molar-refractivity contribution < 1.29 is 8.83 Å². The van der Waals surface area contributed by atoms with Gasteiger partial charge in [0.25, 0.3) is 0 Å². The van der Waals surface area contributed by atoms with E-state index >= 15 is 0 Å². The number of hydrogen-bond donors (Lipinski definition) is 0. The van der Waals surface area contributed by atoms with E-state index in [1.807, 2.05) is 72.8 Å². The maximum atomic E-state index is 7.28. The minimum absolute atomic E-state index is 0.552. The molecule has 0 bridgehead atoms. The Morgan fingerprint density at radius 2 is 0.905 bits per heavy atom. The lowest BCUT2D eigenvalue weighted by molar-refractivity contribution is 0.668. The fraction of sp³-hybridized carbons (Fsp3) is 0. The summed E-state index contributed by atoms with van der Waals surface area (Å²) in [5, 5.41) is 6.52. The van der Waals surface area contributed by atoms with Crippen LogP contribution < -0.4 is 0 Å². The Morgan fingerprint density at radius 3 is 1.68 bits per heavy atom. The molecule has 0 fully saturated rings. The first kappa shape index (κ1) is 35.2. The molecule has 6 nitrogen and oxygen atoms in total. The van der Waals surface area contributed by atoms with E-state index in [1.165, 1.54) is 16.3 Å². The third kappa shape index (κ3) is 5.62. The van der Waals surface area contributed by atoms with E-state index in [2.05, 4.69) is 138 Å². The monoisotopic (exact) mass is 806 g/mol. The van der Waals surface area contributed by atoms with Gasteiger partial charge < -0.3 is 13.4 Å². The van der Waals surface area contributed by atoms with Crippen molar-refractivity contribution in [3.8, 4) is 62.1 Å². The highest BCUT2D eigenvalue weighted by Crippen LogP contribution is 2.46. The van der Waals surface area contributed by atoms with Crippen LogP contribution in [0.15, 0.2) is 215 Å². The summed E-state index contributed by atoms with van der Waals surface area (Å²) in [5.74, 6) is 1.74. The summed E-state index contributed by atoms with van der Waals surface area (Å²) in [4.78, 5) is 15.4. The first-order chi connectivity index (χ1) is 31.2. The van der Waals surface area contributed by atoms with E-state index in [9.17, 15) is 0 Å². The Balaban J connectivity index is 1.08. The lowest BCUT2D eigenvalue weighted by Gasteiger charge is -2.13. The van der Waals surface area contributed by atoms with E-state index < -0.39 is 0 Å². The van der Waals surface area contributed by atoms with Crippen molar-refractivity contribution in [2.75, 3.05) is 0 Å². The lowest BCUT2D eigenvalue weighted by Crippen LogP contribution is -2.01. The Hall–Kier alpha value is -8.61. The largest absolute Gasteiger partial charge is 0.456 e. The summed E-state index contributed by atoms with van der Waals surface area (Å²) in [7, 11) is 0. The molecule has 0 aliphatic heterocycles. The molecule has 6 heteroatoms. The van der Waals surface area contributed by atoms with Crippen molar-refractivity contribution >= 4 is 65.7 Å². The molecule has 0 N–H and O–H groups in total. The zero-order valence-electron chi connectivity index (χ0n) is 33.7. The molecule has 0 atom stereocenters. The number of nitrogens with zero attached hydrogens (tertiary/aromatic N) is 4. The van der Waals surface area contributed by atoms with Crippen LogP contribution in [-0.2, 0) is 0 Å². The highest BCUT2D eigenvalue weighted by Gasteiger charge is 2.24. The minimum atomic E-state index is 0.552. The topological polar surface area (TPSA) is 69.9 Å². The van der Waals surface area contributed by atoms with Crippen LogP contribution in [0, 0.1) is 0 Å². The second kappa shape index (κ2) is 14.0. The maximum absolute atomic E-state index is 7.28. The van der Waals surface area contributed by atoms with Gasteiger partial charge in [-0.25, -0.2) is 15.0 Å². The van der Waals surface area contributed by atoms with Crippen LogP contribution in [0.1, 0.15) is 0 Å². The van der Waals surface area contributed by atoms with Crippen molar-refractivity contribution in [3.05, 3.63) is 206 Å². The van der Waals surface area contributed by atoms with Crippen LogP contribution in [0.2, 0.25) is 0 Å². The molecule has 0 saturated heterocycles. The van der Waals surface area contributed by atoms with Crippen molar-refractivity contribution in [1.82, 2.24) is 19.5 Å². The smallest absolute Gasteiger partial charge is 0.164 e. The number of fused-ring (bicyclic) bond motifs is 9. The van der Waals surface area contributed by atoms with Gasteiger partial charge in [0.1, 0.15) is 22.3 Å². The average molecular weight is 807 g/mol. The second-order valence-corrected chi connectivity index (χ2v) is 15.9. The fourth-order valence-corrected chi connectivity index (χ4v) is 9.37. The zero-order chi connectivity index (χ0) is 41.4. The lowest BCUT2D eigenvalue weighted by atomic mass is 9.94. The Bertz CT molecular complexity index is 3850. The molecule has 0 amide bonds. The maximum Gasteiger partial charge on any atom is 0.164 e. The molecule has 0 radical (unpaired) electrons. The molecule has 0 saturated carbocycles. The number of aromatic nitrogens is 4. The Kier molecular flexibility index (Phi) is 7.80. The predicted molar refractivity (Wildman–Crippen MR) is 256 cm³/mol. The van der Waals surface area contributed by atoms with Crippen LogP contribution in [0.5, 0.6) is 0 Å². The summed E-state index contributed by atoms with van der Waals surface area (Å²) in [6.07, 6.45) is 0. The molecular formula is C57H34N4O2. The van der Waals surface area contributed by atoms with Gasteiger partial charge in [0.05, 0.1) is 11.0 Å². The quantitative estimate of drug-likeness (QED) is 0.167. The Labute approximate surface area is 361 Å². The number of furan rings is 2. The van der Waals surface area contributed by atoms with Gasteiger partial charge in [-0.3, -0.25) is 0 Å². The van der Waals surface area contributed by atoms with Gasteiger partial charge in [-0.1, -0.05) is 152 Å². The molecule has 294 valence electrons. The molecule has 9 aromatic carbocycles. The molecule has 63 heavy (non-hydrogen) atoms. The number of benzene rings is 9. The number of rotatable bonds is 6. The van der Waals surface area contributed by atoms with Crippen LogP contribution in [0.3, 0.4) is 0 Å². The van der Waals surface area contributed by atoms with Gasteiger partial charge in [0.2, 0.25) is 0 Å². The predicted octanol–water partition coefficient (Wildman–Crippen LogP) is 15.1. The highest BCUT2D eigenvalue weighted by molar-refractivity contribution is 6.17. The van der Waals surface area contributed by atoms with Gasteiger partial charge >= 0.3 is 0 Å². The third-order valence-corrected chi connectivity index (χ3v) is 12.3. The number of para-hydroxylation sites is 4. The summed E-state index contributed by atoms with van der Waals surface area (Å²) in [5.41, 5.74) is 13.2. The molecule has 13 rings (SSSR count). The molecule has 0 spiro atoms. The molecule has 0 aliphatic rings. The van der Waals surface area contributed by atoms with Crippen LogP contribution in [0.4, 0.5) is 0 Å². The van der Waals surface area contributed by atoms with Gasteiger partial charge in [-0.2, -0.15) is 0 Å². The normalized spacial score (nSPS) is 11.8. The van der Waals surface area contributed by atoms with E-state index in [0.717, 1.165) is 94.0 Å². The minimum Gasteiger partial charge on any atom is -0.456 e. The summed E-state index contributed by atoms with van der Waals surface area (Å²) in [6, 6.07) is 71.4. The Morgan fingerprint density at radius 1 is 0.317 bits per heavy atom. The second-order valence-electron chi connectivity index (χ2n) is 15.9. The van der Waals surface area contributed by atoms with Gasteiger partial charge in [0, 0.05) is 65.8 Å². The molecule has 4 aromatic heterocycles. The van der Waals surface area contributed by atoms with Crippen LogP contribution >= 0.6 is 0 Å². The zero-order valence-corrected chi connectivity index (χ0v) is 33.7. The standard InChI is InChI=1S/C57H34N4O2/c1-4-15-35(16-5-1)55-58-56(36-17-6-2-7-18-36)60-57(59-55)46-31-30-45-44-24-14-23-40(37-27-29-42-41-21-10-12-25-48(41)61(49(42)34-37)39-19-8-3-9-20-39)53(44)63-54(45)52(46)38-28-32-51-47(33-38)43-22-11-13-26-50(43)62-51/h1-34H. The van der Waals surface area contributed by atoms with Crippen molar-refractivity contribution in [2.24, 2.45) is 0 Å². The van der Waals surface area contributed by atoms with E-state index in [0.29, 0.717) is 17.5 Å². The van der Waals surface area contributed by atoms with Crippen LogP contribution in [0.25, 0.3) is 128 Å². The van der Waals surface area contributed by atoms with Crippen molar-refractivity contribution in [3.63, 3.8) is 0 Å². The van der Waals surface area contributed by atoms with E-state index in [-0.39, 0.29) is 0 Å². The average Bonchev–Trinajstić information content (AvgIpc) is 4.03. The highest BCUT2D eigenvalue weighted by atomic mass is 16.3. The third-order valence-electron chi connectivity index (χ3n) is 12.3. The first-order valence-electron chi connectivity index (χ1n) is 21.1. The SMILES string of the molecule is c1ccc(-c2nc(-c3ccccc3)nc(-c3ccc4c(oc5c(-c6ccc7c8ccccc8n(-c8ccccc8)c7c6)cccc54)c3-c3ccc4oc5ccccc5c4c3)n2)cc1. The molecular weight excluding hydrogens is 773 g/mol. The van der Waals surface area contributed by atoms with Crippen LogP contribution in [-0.4, -0.2) is 19.5 Å². The van der Waals surface area contributed by atoms with Gasteiger partial charge in [0.15, 0.2) is 17.5 Å². The van der Waals surface area contributed by atoms with Gasteiger partial charge in [-0.05, 0) is 65.7 Å². The first-order valence-corrected chi connectivity index (χ1v) is 21.1. The molecule has 13 aromatic rings. The van der Waals surface area contributed by atoms with Crippen molar-refractivity contribution in [1.29, 1.82) is 0 Å². The molecule has 0 aliphatic carbocycles.